The number of carbonyl (C=O) groups is 1. The lowest BCUT2D eigenvalue weighted by atomic mass is 9.89. The molecule has 0 bridgehead atoms. The van der Waals surface area contributed by atoms with Gasteiger partial charge in [-0.1, -0.05) is 13.8 Å². The number of nitrogens with one attached hydrogen (secondary N) is 1. The molecule has 1 fully saturated rings. The average Bonchev–Trinajstić information content (AvgIpc) is 2.35. The van der Waals surface area contributed by atoms with Crippen LogP contribution in [0.5, 0.6) is 0 Å². The van der Waals surface area contributed by atoms with Gasteiger partial charge >= 0.3 is 6.09 Å². The molecule has 2 N–H and O–H groups in total. The molecule has 0 aliphatic carbocycles. The van der Waals surface area contributed by atoms with Crippen LogP contribution in [0.2, 0.25) is 0 Å². The van der Waals surface area contributed by atoms with Gasteiger partial charge in [0.05, 0.1) is 0 Å². The molecule has 5 nitrogen and oxygen atoms in total. The van der Waals surface area contributed by atoms with Crippen molar-refractivity contribution in [3.8, 4) is 0 Å². The molecule has 1 amide bonds. The summed E-state index contributed by atoms with van der Waals surface area (Å²) >= 11 is 0. The van der Waals surface area contributed by atoms with Gasteiger partial charge in [0.15, 0.2) is 0 Å². The van der Waals surface area contributed by atoms with Crippen LogP contribution in [-0.2, 0) is 4.74 Å². The number of aliphatic hydroxyl groups excluding tert-OH is 1. The molecule has 0 aromatic rings. The van der Waals surface area contributed by atoms with E-state index in [-0.39, 0.29) is 18.1 Å². The third-order valence-corrected chi connectivity index (χ3v) is 3.73. The van der Waals surface area contributed by atoms with E-state index >= 15 is 0 Å². The van der Waals surface area contributed by atoms with Gasteiger partial charge in [0.2, 0.25) is 0 Å². The summed E-state index contributed by atoms with van der Waals surface area (Å²) in [5.74, 6) is 0. The summed E-state index contributed by atoms with van der Waals surface area (Å²) in [7, 11) is 0. The van der Waals surface area contributed by atoms with Crippen LogP contribution in [0.15, 0.2) is 0 Å². The fraction of sp³-hybridized carbons (Fsp3) is 0.938. The summed E-state index contributed by atoms with van der Waals surface area (Å²) in [5.41, 5.74) is -0.372. The normalized spacial score (nSPS) is 20.5. The van der Waals surface area contributed by atoms with Crippen molar-refractivity contribution in [3.05, 3.63) is 0 Å². The minimum Gasteiger partial charge on any atom is -0.444 e. The first kappa shape index (κ1) is 18.2. The van der Waals surface area contributed by atoms with E-state index < -0.39 is 5.60 Å². The number of carbonyl (C=O) groups excluding carboxylic acids is 1. The quantitative estimate of drug-likeness (QED) is 0.818. The van der Waals surface area contributed by atoms with E-state index in [0.29, 0.717) is 12.6 Å². The van der Waals surface area contributed by atoms with E-state index in [4.69, 9.17) is 9.84 Å². The number of ether oxygens (including phenoxy) is 1. The van der Waals surface area contributed by atoms with Crippen molar-refractivity contribution in [2.45, 2.75) is 65.5 Å². The summed E-state index contributed by atoms with van der Waals surface area (Å²) in [4.78, 5) is 13.9. The number of aliphatic hydroxyl groups is 1. The molecule has 1 atom stereocenters. The molecule has 1 aliphatic heterocycles. The molecule has 21 heavy (non-hydrogen) atoms. The largest absolute Gasteiger partial charge is 0.444 e. The van der Waals surface area contributed by atoms with Crippen molar-refractivity contribution in [2.24, 2.45) is 5.41 Å². The standard InChI is InChI=1S/C16H32N2O3/c1-15(2,3)21-14(20)18-9-6-7-13(11-18)17-12-16(4,5)8-10-19/h13,17,19H,6-12H2,1-5H3. The number of likely N-dealkylation sites (tertiary alicyclic amines) is 1. The fourth-order valence-corrected chi connectivity index (χ4v) is 2.45. The van der Waals surface area contributed by atoms with Gasteiger partial charge in [0, 0.05) is 32.3 Å². The third-order valence-electron chi connectivity index (χ3n) is 3.73. The second-order valence-electron chi connectivity index (χ2n) is 7.78. The maximum absolute atomic E-state index is 12.1. The van der Waals surface area contributed by atoms with Gasteiger partial charge in [-0.25, -0.2) is 4.79 Å². The number of nitrogens with zero attached hydrogens (tertiary/aromatic N) is 1. The van der Waals surface area contributed by atoms with E-state index in [9.17, 15) is 4.79 Å². The summed E-state index contributed by atoms with van der Waals surface area (Å²) < 4.78 is 5.44. The van der Waals surface area contributed by atoms with Crippen molar-refractivity contribution in [3.63, 3.8) is 0 Å². The van der Waals surface area contributed by atoms with E-state index in [1.165, 1.54) is 0 Å². The number of piperidine rings is 1. The number of rotatable bonds is 5. The molecule has 0 radical (unpaired) electrons. The molecular formula is C16H32N2O3. The average molecular weight is 300 g/mol. The maximum atomic E-state index is 12.1. The van der Waals surface area contributed by atoms with Gasteiger partial charge in [-0.15, -0.1) is 0 Å². The molecule has 5 heteroatoms. The Hall–Kier alpha value is -0.810. The Kier molecular flexibility index (Phi) is 6.47. The van der Waals surface area contributed by atoms with Gasteiger partial charge in [-0.05, 0) is 45.4 Å². The van der Waals surface area contributed by atoms with Crippen molar-refractivity contribution >= 4 is 6.09 Å². The zero-order valence-electron chi connectivity index (χ0n) is 14.2. The number of hydrogen-bond donors (Lipinski definition) is 2. The summed E-state index contributed by atoms with van der Waals surface area (Å²) in [6, 6.07) is 0.309. The minimum atomic E-state index is -0.444. The van der Waals surface area contributed by atoms with Gasteiger partial charge in [-0.3, -0.25) is 0 Å². The Morgan fingerprint density at radius 2 is 2.00 bits per heavy atom. The third kappa shape index (κ3) is 7.14. The predicted molar refractivity (Wildman–Crippen MR) is 84.3 cm³/mol. The number of hydrogen-bond acceptors (Lipinski definition) is 4. The minimum absolute atomic E-state index is 0.0724. The molecule has 124 valence electrons. The Morgan fingerprint density at radius 1 is 1.33 bits per heavy atom. The van der Waals surface area contributed by atoms with Crippen LogP contribution in [0.3, 0.4) is 0 Å². The summed E-state index contributed by atoms with van der Waals surface area (Å²) in [5, 5.41) is 12.6. The van der Waals surface area contributed by atoms with Crippen LogP contribution in [-0.4, -0.2) is 54.0 Å². The number of amides is 1. The molecule has 1 aliphatic rings. The van der Waals surface area contributed by atoms with Crippen molar-refractivity contribution in [2.75, 3.05) is 26.2 Å². The first-order valence-corrected chi connectivity index (χ1v) is 7.95. The van der Waals surface area contributed by atoms with Gasteiger partial charge in [0.1, 0.15) is 5.60 Å². The molecule has 1 heterocycles. The van der Waals surface area contributed by atoms with Crippen LogP contribution in [0.25, 0.3) is 0 Å². The molecule has 0 aromatic heterocycles. The van der Waals surface area contributed by atoms with Gasteiger partial charge in [0.25, 0.3) is 0 Å². The predicted octanol–water partition coefficient (Wildman–Crippen LogP) is 2.38. The monoisotopic (exact) mass is 300 g/mol. The van der Waals surface area contributed by atoms with Crippen LogP contribution in [0.1, 0.15) is 53.9 Å². The van der Waals surface area contributed by atoms with E-state index in [1.54, 1.807) is 4.90 Å². The highest BCUT2D eigenvalue weighted by Gasteiger charge is 2.28. The zero-order valence-corrected chi connectivity index (χ0v) is 14.2. The molecule has 1 unspecified atom stereocenters. The molecule has 1 rings (SSSR count). The summed E-state index contributed by atoms with van der Waals surface area (Å²) in [6.07, 6.45) is 2.64. The Labute approximate surface area is 129 Å². The second kappa shape index (κ2) is 7.45. The molecule has 1 saturated heterocycles. The highest BCUT2D eigenvalue weighted by atomic mass is 16.6. The lowest BCUT2D eigenvalue weighted by molar-refractivity contribution is 0.0184. The maximum Gasteiger partial charge on any atom is 0.410 e. The molecule has 0 saturated carbocycles. The second-order valence-corrected chi connectivity index (χ2v) is 7.78. The van der Waals surface area contributed by atoms with Crippen molar-refractivity contribution in [1.82, 2.24) is 10.2 Å². The topological polar surface area (TPSA) is 61.8 Å². The van der Waals surface area contributed by atoms with Gasteiger partial charge in [-0.2, -0.15) is 0 Å². The van der Waals surface area contributed by atoms with Crippen molar-refractivity contribution < 1.29 is 14.6 Å². The van der Waals surface area contributed by atoms with Crippen LogP contribution in [0, 0.1) is 5.41 Å². The first-order valence-electron chi connectivity index (χ1n) is 7.95. The van der Waals surface area contributed by atoms with Gasteiger partial charge < -0.3 is 20.1 Å². The lowest BCUT2D eigenvalue weighted by Crippen LogP contribution is -2.50. The van der Waals surface area contributed by atoms with E-state index in [2.05, 4.69) is 19.2 Å². The Bertz CT molecular complexity index is 337. The van der Waals surface area contributed by atoms with Crippen molar-refractivity contribution in [1.29, 1.82) is 0 Å². The highest BCUT2D eigenvalue weighted by molar-refractivity contribution is 5.68. The van der Waals surface area contributed by atoms with E-state index in [1.807, 2.05) is 20.8 Å². The molecular weight excluding hydrogens is 268 g/mol. The van der Waals surface area contributed by atoms with Crippen LogP contribution < -0.4 is 5.32 Å². The SMILES string of the molecule is CC(C)(CCO)CNC1CCCN(C(=O)OC(C)(C)C)C1. The smallest absolute Gasteiger partial charge is 0.410 e. The zero-order chi connectivity index (χ0) is 16.1. The van der Waals surface area contributed by atoms with Crippen LogP contribution in [0.4, 0.5) is 4.79 Å². The highest BCUT2D eigenvalue weighted by Crippen LogP contribution is 2.20. The Morgan fingerprint density at radius 3 is 2.57 bits per heavy atom. The molecule has 0 spiro atoms. The first-order chi connectivity index (χ1) is 9.63. The van der Waals surface area contributed by atoms with E-state index in [0.717, 1.165) is 32.4 Å². The summed E-state index contributed by atoms with van der Waals surface area (Å²) in [6.45, 7) is 12.5. The molecule has 0 aromatic carbocycles. The fourth-order valence-electron chi connectivity index (χ4n) is 2.45. The van der Waals surface area contributed by atoms with Crippen LogP contribution >= 0.6 is 0 Å². The lowest BCUT2D eigenvalue weighted by Gasteiger charge is -2.36. The Balaban J connectivity index is 2.43.